The first-order valence-corrected chi connectivity index (χ1v) is 8.05. The van der Waals surface area contributed by atoms with E-state index in [0.717, 1.165) is 6.42 Å². The number of aliphatic carboxylic acids is 1. The van der Waals surface area contributed by atoms with Crippen molar-refractivity contribution in [2.45, 2.75) is 31.4 Å². The zero-order valence-electron chi connectivity index (χ0n) is 10.4. The zero-order chi connectivity index (χ0) is 14.0. The van der Waals surface area contributed by atoms with E-state index in [1.807, 2.05) is 0 Å². The molecule has 1 amide bonds. The van der Waals surface area contributed by atoms with E-state index in [1.54, 1.807) is 0 Å². The van der Waals surface area contributed by atoms with Gasteiger partial charge in [0.25, 0.3) is 5.91 Å². The fourth-order valence-electron chi connectivity index (χ4n) is 2.50. The summed E-state index contributed by atoms with van der Waals surface area (Å²) in [6.45, 7) is 0.575. The van der Waals surface area contributed by atoms with Gasteiger partial charge in [-0.15, -0.1) is 0 Å². The van der Waals surface area contributed by atoms with Crippen LogP contribution in [0.4, 0.5) is 0 Å². The summed E-state index contributed by atoms with van der Waals surface area (Å²) in [7, 11) is -3.27. The van der Waals surface area contributed by atoms with Gasteiger partial charge in [-0.05, 0) is 12.8 Å². The molecule has 0 saturated carbocycles. The highest BCUT2D eigenvalue weighted by atomic mass is 32.2. The summed E-state index contributed by atoms with van der Waals surface area (Å²) in [5.74, 6) is -1.77. The molecule has 2 rings (SSSR count). The Hall–Kier alpha value is -1.15. The zero-order valence-corrected chi connectivity index (χ0v) is 11.3. The minimum absolute atomic E-state index is 0.0545. The Morgan fingerprint density at radius 3 is 2.68 bits per heavy atom. The highest BCUT2D eigenvalue weighted by Gasteiger charge is 2.38. The summed E-state index contributed by atoms with van der Waals surface area (Å²) < 4.78 is 28.4. The van der Waals surface area contributed by atoms with E-state index in [2.05, 4.69) is 0 Å². The Morgan fingerprint density at radius 1 is 1.37 bits per heavy atom. The third kappa shape index (κ3) is 3.44. The molecule has 2 atom stereocenters. The second kappa shape index (κ2) is 5.46. The molecule has 0 aromatic carbocycles. The molecule has 0 spiro atoms. The average Bonchev–Trinajstić information content (AvgIpc) is 2.79. The number of carboxylic acid groups (broad SMARTS) is 1. The number of amides is 1. The number of hydrogen-bond donors (Lipinski definition) is 1. The predicted molar refractivity (Wildman–Crippen MR) is 65.4 cm³/mol. The summed E-state index contributed by atoms with van der Waals surface area (Å²) in [5, 5.41) is 8.84. The van der Waals surface area contributed by atoms with Gasteiger partial charge in [-0.2, -0.15) is 0 Å². The lowest BCUT2D eigenvalue weighted by Crippen LogP contribution is -2.54. The Labute approximate surface area is 111 Å². The lowest BCUT2D eigenvalue weighted by atomic mass is 10.1. The molecule has 0 aromatic rings. The second-order valence-electron chi connectivity index (χ2n) is 4.90. The van der Waals surface area contributed by atoms with Crippen LogP contribution in [0.1, 0.15) is 19.3 Å². The minimum atomic E-state index is -3.27. The van der Waals surface area contributed by atoms with Gasteiger partial charge in [-0.3, -0.25) is 9.59 Å². The third-order valence-corrected chi connectivity index (χ3v) is 5.13. The number of hydrogen-bond acceptors (Lipinski definition) is 5. The number of sulfone groups is 1. The molecule has 0 radical (unpaired) electrons. The molecule has 2 fully saturated rings. The van der Waals surface area contributed by atoms with Crippen molar-refractivity contribution in [3.05, 3.63) is 0 Å². The molecule has 0 bridgehead atoms. The van der Waals surface area contributed by atoms with Crippen molar-refractivity contribution in [3.8, 4) is 0 Å². The van der Waals surface area contributed by atoms with Gasteiger partial charge in [-0.25, -0.2) is 8.42 Å². The molecule has 1 unspecified atom stereocenters. The minimum Gasteiger partial charge on any atom is -0.481 e. The number of ether oxygens (including phenoxy) is 1. The molecule has 2 aliphatic rings. The van der Waals surface area contributed by atoms with Gasteiger partial charge >= 0.3 is 5.97 Å². The first-order valence-electron chi connectivity index (χ1n) is 6.23. The molecule has 0 aromatic heterocycles. The molecular formula is C11H17NO6S. The van der Waals surface area contributed by atoms with Gasteiger partial charge in [0.05, 0.1) is 24.0 Å². The molecule has 2 saturated heterocycles. The van der Waals surface area contributed by atoms with Crippen molar-refractivity contribution in [1.29, 1.82) is 0 Å². The summed E-state index contributed by atoms with van der Waals surface area (Å²) in [5.41, 5.74) is 0. The molecule has 1 N–H and O–H groups in total. The van der Waals surface area contributed by atoms with Crippen LogP contribution in [0.2, 0.25) is 0 Å². The van der Waals surface area contributed by atoms with Crippen molar-refractivity contribution in [2.75, 3.05) is 24.7 Å². The molecule has 2 heterocycles. The summed E-state index contributed by atoms with van der Waals surface area (Å²) in [4.78, 5) is 24.4. The van der Waals surface area contributed by atoms with Crippen molar-refractivity contribution < 1.29 is 27.9 Å². The van der Waals surface area contributed by atoms with Crippen LogP contribution in [0.25, 0.3) is 0 Å². The predicted octanol–water partition coefficient (Wildman–Crippen LogP) is -0.734. The fourth-order valence-corrected chi connectivity index (χ4v) is 4.03. The van der Waals surface area contributed by atoms with E-state index in [4.69, 9.17) is 9.84 Å². The standard InChI is InChI=1S/C11H17NO6S/c13-10(14)6-8-7-19(16,17)5-3-12(8)11(15)9-2-1-4-18-9/h8-9H,1-7H2,(H,13,14)/t8?,9-/m0/s1. The summed E-state index contributed by atoms with van der Waals surface area (Å²) >= 11 is 0. The fraction of sp³-hybridized carbons (Fsp3) is 0.818. The lowest BCUT2D eigenvalue weighted by molar-refractivity contribution is -0.145. The summed E-state index contributed by atoms with van der Waals surface area (Å²) in [6, 6.07) is -0.784. The van der Waals surface area contributed by atoms with Gasteiger partial charge < -0.3 is 14.7 Å². The van der Waals surface area contributed by atoms with E-state index < -0.39 is 28.0 Å². The van der Waals surface area contributed by atoms with E-state index >= 15 is 0 Å². The molecule has 108 valence electrons. The van der Waals surface area contributed by atoms with Crippen LogP contribution in [0.3, 0.4) is 0 Å². The molecule has 7 nitrogen and oxygen atoms in total. The Balaban J connectivity index is 2.11. The SMILES string of the molecule is O=C(O)CC1CS(=O)(=O)CCN1C(=O)[C@@H]1CCCO1. The Morgan fingerprint density at radius 2 is 2.11 bits per heavy atom. The first kappa shape index (κ1) is 14.3. The quantitative estimate of drug-likeness (QED) is 0.735. The van der Waals surface area contributed by atoms with Crippen molar-refractivity contribution >= 4 is 21.7 Å². The average molecular weight is 291 g/mol. The largest absolute Gasteiger partial charge is 0.481 e. The van der Waals surface area contributed by atoms with Crippen LogP contribution in [-0.2, 0) is 24.2 Å². The Kier molecular flexibility index (Phi) is 4.10. The topological polar surface area (TPSA) is 101 Å². The maximum absolute atomic E-state index is 12.2. The molecule has 2 aliphatic heterocycles. The van der Waals surface area contributed by atoms with Gasteiger partial charge in [0.1, 0.15) is 6.10 Å². The molecular weight excluding hydrogens is 274 g/mol. The van der Waals surface area contributed by atoms with Gasteiger partial charge in [0.15, 0.2) is 9.84 Å². The van der Waals surface area contributed by atoms with Crippen LogP contribution >= 0.6 is 0 Å². The van der Waals surface area contributed by atoms with E-state index in [0.29, 0.717) is 13.0 Å². The summed E-state index contributed by atoms with van der Waals surface area (Å²) in [6.07, 6.45) is 0.517. The maximum Gasteiger partial charge on any atom is 0.305 e. The highest BCUT2D eigenvalue weighted by Crippen LogP contribution is 2.21. The number of carboxylic acids is 1. The molecule has 19 heavy (non-hydrogen) atoms. The van der Waals surface area contributed by atoms with Crippen molar-refractivity contribution in [3.63, 3.8) is 0 Å². The van der Waals surface area contributed by atoms with Gasteiger partial charge in [-0.1, -0.05) is 0 Å². The highest BCUT2D eigenvalue weighted by molar-refractivity contribution is 7.91. The van der Waals surface area contributed by atoms with Crippen molar-refractivity contribution in [1.82, 2.24) is 4.90 Å². The van der Waals surface area contributed by atoms with Crippen LogP contribution in [0.5, 0.6) is 0 Å². The molecule has 0 aliphatic carbocycles. The first-order chi connectivity index (χ1) is 8.89. The third-order valence-electron chi connectivity index (χ3n) is 3.43. The monoisotopic (exact) mass is 291 g/mol. The van der Waals surface area contributed by atoms with Gasteiger partial charge in [0, 0.05) is 13.2 Å². The van der Waals surface area contributed by atoms with E-state index in [-0.39, 0.29) is 30.4 Å². The van der Waals surface area contributed by atoms with Gasteiger partial charge in [0.2, 0.25) is 0 Å². The Bertz CT molecular complexity index is 468. The number of carbonyl (C=O) groups is 2. The number of rotatable bonds is 3. The van der Waals surface area contributed by atoms with Crippen LogP contribution in [0.15, 0.2) is 0 Å². The lowest BCUT2D eigenvalue weighted by Gasteiger charge is -2.36. The maximum atomic E-state index is 12.2. The molecule has 8 heteroatoms. The van der Waals surface area contributed by atoms with Crippen LogP contribution in [-0.4, -0.2) is 67.1 Å². The second-order valence-corrected chi connectivity index (χ2v) is 7.13. The number of nitrogens with zero attached hydrogens (tertiary/aromatic N) is 1. The normalized spacial score (nSPS) is 30.2. The van der Waals surface area contributed by atoms with Crippen LogP contribution in [0, 0.1) is 0 Å². The van der Waals surface area contributed by atoms with E-state index in [1.165, 1.54) is 4.90 Å². The van der Waals surface area contributed by atoms with Crippen LogP contribution < -0.4 is 0 Å². The van der Waals surface area contributed by atoms with E-state index in [9.17, 15) is 18.0 Å². The number of carbonyl (C=O) groups excluding carboxylic acids is 1. The van der Waals surface area contributed by atoms with Crippen molar-refractivity contribution in [2.24, 2.45) is 0 Å². The smallest absolute Gasteiger partial charge is 0.305 e.